The Kier molecular flexibility index (Phi) is 8.18. The lowest BCUT2D eigenvalue weighted by atomic mass is 9.95. The molecule has 3 unspecified atom stereocenters. The molecule has 1 aliphatic heterocycles. The van der Waals surface area contributed by atoms with Gasteiger partial charge in [0.25, 0.3) is 0 Å². The van der Waals surface area contributed by atoms with E-state index in [-0.39, 0.29) is 42.2 Å². The summed E-state index contributed by atoms with van der Waals surface area (Å²) in [4.78, 5) is 24.1. The van der Waals surface area contributed by atoms with Crippen molar-refractivity contribution in [2.45, 2.75) is 64.5 Å². The Bertz CT molecular complexity index is 372. The van der Waals surface area contributed by atoms with E-state index in [1.165, 1.54) is 0 Å². The fraction of sp³-hybridized carbons (Fsp3) is 0.875. The van der Waals surface area contributed by atoms with Crippen LogP contribution in [0.3, 0.4) is 0 Å². The number of piperidine rings is 1. The van der Waals surface area contributed by atoms with E-state index in [1.54, 1.807) is 0 Å². The number of amides is 2. The molecule has 0 aromatic carbocycles. The molecule has 5 nitrogen and oxygen atoms in total. The molecule has 1 saturated heterocycles. The summed E-state index contributed by atoms with van der Waals surface area (Å²) >= 11 is 0. The maximum atomic E-state index is 12.1. The first-order valence-corrected chi connectivity index (χ1v) is 8.36. The van der Waals surface area contributed by atoms with Gasteiger partial charge in [-0.3, -0.25) is 9.59 Å². The molecule has 1 heterocycles. The van der Waals surface area contributed by atoms with Gasteiger partial charge in [0, 0.05) is 24.4 Å². The van der Waals surface area contributed by atoms with Gasteiger partial charge in [0.2, 0.25) is 11.8 Å². The number of carbonyl (C=O) groups excluding carboxylic acids is 2. The summed E-state index contributed by atoms with van der Waals surface area (Å²) in [6.07, 6.45) is 5.65. The highest BCUT2D eigenvalue weighted by Crippen LogP contribution is 2.24. The zero-order valence-corrected chi connectivity index (χ0v) is 14.5. The van der Waals surface area contributed by atoms with Crippen LogP contribution in [0.1, 0.15) is 52.4 Å². The van der Waals surface area contributed by atoms with Gasteiger partial charge in [-0.05, 0) is 45.2 Å². The van der Waals surface area contributed by atoms with Crippen molar-refractivity contribution in [3.05, 3.63) is 0 Å². The summed E-state index contributed by atoms with van der Waals surface area (Å²) in [6, 6.07) is 0.173. The van der Waals surface area contributed by atoms with Crippen LogP contribution in [-0.2, 0) is 9.59 Å². The summed E-state index contributed by atoms with van der Waals surface area (Å²) in [6.45, 7) is 5.99. The Morgan fingerprint density at radius 2 is 1.91 bits per heavy atom. The molecule has 0 radical (unpaired) electrons. The minimum absolute atomic E-state index is 0. The number of rotatable bonds is 5. The van der Waals surface area contributed by atoms with Gasteiger partial charge in [-0.15, -0.1) is 12.4 Å². The zero-order valence-electron chi connectivity index (χ0n) is 13.7. The number of nitrogens with one attached hydrogen (secondary N) is 3. The van der Waals surface area contributed by atoms with E-state index in [9.17, 15) is 9.59 Å². The molecule has 2 aliphatic rings. The third-order valence-corrected chi connectivity index (χ3v) is 4.74. The van der Waals surface area contributed by atoms with Gasteiger partial charge in [0.15, 0.2) is 0 Å². The smallest absolute Gasteiger partial charge is 0.223 e. The third kappa shape index (κ3) is 5.76. The first-order valence-electron chi connectivity index (χ1n) is 8.36. The SMILES string of the molecule is CC(CC(=O)NC1CCNCC1C)NC(=O)C1CCCC1.Cl. The summed E-state index contributed by atoms with van der Waals surface area (Å²) < 4.78 is 0. The lowest BCUT2D eigenvalue weighted by Crippen LogP contribution is -2.49. The van der Waals surface area contributed by atoms with E-state index in [0.717, 1.165) is 45.2 Å². The normalized spacial score (nSPS) is 26.8. The van der Waals surface area contributed by atoms with E-state index < -0.39 is 0 Å². The van der Waals surface area contributed by atoms with Crippen LogP contribution in [0.15, 0.2) is 0 Å². The van der Waals surface area contributed by atoms with Crippen LogP contribution in [0.4, 0.5) is 0 Å². The molecule has 128 valence electrons. The van der Waals surface area contributed by atoms with E-state index >= 15 is 0 Å². The van der Waals surface area contributed by atoms with Crippen LogP contribution in [-0.4, -0.2) is 37.0 Å². The first-order chi connectivity index (χ1) is 10.1. The Balaban J connectivity index is 0.00000242. The fourth-order valence-corrected chi connectivity index (χ4v) is 3.37. The van der Waals surface area contributed by atoms with Gasteiger partial charge in [-0.25, -0.2) is 0 Å². The second-order valence-corrected chi connectivity index (χ2v) is 6.74. The van der Waals surface area contributed by atoms with Crippen molar-refractivity contribution in [1.29, 1.82) is 0 Å². The van der Waals surface area contributed by atoms with Gasteiger partial charge in [0.1, 0.15) is 0 Å². The van der Waals surface area contributed by atoms with Gasteiger partial charge >= 0.3 is 0 Å². The topological polar surface area (TPSA) is 70.2 Å². The van der Waals surface area contributed by atoms with Gasteiger partial charge in [-0.2, -0.15) is 0 Å². The van der Waals surface area contributed by atoms with E-state index in [1.807, 2.05) is 6.92 Å². The molecule has 3 atom stereocenters. The standard InChI is InChI=1S/C16H29N3O2.ClH/c1-11-10-17-8-7-14(11)19-15(20)9-12(2)18-16(21)13-5-3-4-6-13;/h11-14,17H,3-10H2,1-2H3,(H,18,21)(H,19,20);1H. The van der Waals surface area contributed by atoms with Crippen LogP contribution >= 0.6 is 12.4 Å². The lowest BCUT2D eigenvalue weighted by molar-refractivity contribution is -0.126. The van der Waals surface area contributed by atoms with E-state index in [2.05, 4.69) is 22.9 Å². The highest BCUT2D eigenvalue weighted by molar-refractivity contribution is 5.85. The lowest BCUT2D eigenvalue weighted by Gasteiger charge is -2.30. The second-order valence-electron chi connectivity index (χ2n) is 6.74. The van der Waals surface area contributed by atoms with Gasteiger partial charge in [-0.1, -0.05) is 19.8 Å². The van der Waals surface area contributed by atoms with Crippen LogP contribution in [0.2, 0.25) is 0 Å². The molecular formula is C16H30ClN3O2. The van der Waals surface area contributed by atoms with Crippen molar-refractivity contribution >= 4 is 24.2 Å². The van der Waals surface area contributed by atoms with Crippen LogP contribution in [0.25, 0.3) is 0 Å². The molecule has 3 N–H and O–H groups in total. The average molecular weight is 332 g/mol. The molecule has 2 fully saturated rings. The molecule has 0 bridgehead atoms. The minimum Gasteiger partial charge on any atom is -0.353 e. The Morgan fingerprint density at radius 1 is 1.23 bits per heavy atom. The van der Waals surface area contributed by atoms with Crippen molar-refractivity contribution in [2.24, 2.45) is 11.8 Å². The minimum atomic E-state index is -0.0879. The van der Waals surface area contributed by atoms with E-state index in [0.29, 0.717) is 12.3 Å². The summed E-state index contributed by atoms with van der Waals surface area (Å²) in [5, 5.41) is 9.43. The molecule has 2 amide bonds. The quantitative estimate of drug-likeness (QED) is 0.716. The Hall–Kier alpha value is -0.810. The van der Waals surface area contributed by atoms with Crippen molar-refractivity contribution in [3.8, 4) is 0 Å². The third-order valence-electron chi connectivity index (χ3n) is 4.74. The second kappa shape index (κ2) is 9.36. The first kappa shape index (κ1) is 19.2. The number of hydrogen-bond donors (Lipinski definition) is 3. The number of halogens is 1. The highest BCUT2D eigenvalue weighted by atomic mass is 35.5. The van der Waals surface area contributed by atoms with Crippen LogP contribution in [0.5, 0.6) is 0 Å². The number of hydrogen-bond acceptors (Lipinski definition) is 3. The maximum absolute atomic E-state index is 12.1. The highest BCUT2D eigenvalue weighted by Gasteiger charge is 2.26. The van der Waals surface area contributed by atoms with Crippen LogP contribution in [0, 0.1) is 11.8 Å². The fourth-order valence-electron chi connectivity index (χ4n) is 3.37. The molecule has 2 rings (SSSR count). The molecule has 0 spiro atoms. The molecule has 0 aromatic heterocycles. The summed E-state index contributed by atoms with van der Waals surface area (Å²) in [7, 11) is 0. The Labute approximate surface area is 139 Å². The van der Waals surface area contributed by atoms with Crippen molar-refractivity contribution in [1.82, 2.24) is 16.0 Å². The molecule has 1 saturated carbocycles. The predicted octanol–water partition coefficient (Wildman–Crippen LogP) is 1.61. The predicted molar refractivity (Wildman–Crippen MR) is 90.0 cm³/mol. The largest absolute Gasteiger partial charge is 0.353 e. The zero-order chi connectivity index (χ0) is 15.2. The number of carbonyl (C=O) groups is 2. The molecule has 22 heavy (non-hydrogen) atoms. The molecule has 1 aliphatic carbocycles. The van der Waals surface area contributed by atoms with E-state index in [4.69, 9.17) is 0 Å². The van der Waals surface area contributed by atoms with Crippen molar-refractivity contribution in [3.63, 3.8) is 0 Å². The average Bonchev–Trinajstić information content (AvgIpc) is 2.95. The summed E-state index contributed by atoms with van der Waals surface area (Å²) in [5.41, 5.74) is 0. The maximum Gasteiger partial charge on any atom is 0.223 e. The summed E-state index contributed by atoms with van der Waals surface area (Å²) in [5.74, 6) is 0.807. The molecular weight excluding hydrogens is 302 g/mol. The molecule has 6 heteroatoms. The van der Waals surface area contributed by atoms with Crippen molar-refractivity contribution in [2.75, 3.05) is 13.1 Å². The molecule has 0 aromatic rings. The monoisotopic (exact) mass is 331 g/mol. The van der Waals surface area contributed by atoms with Crippen LogP contribution < -0.4 is 16.0 Å². The van der Waals surface area contributed by atoms with Crippen molar-refractivity contribution < 1.29 is 9.59 Å². The van der Waals surface area contributed by atoms with Gasteiger partial charge < -0.3 is 16.0 Å². The Morgan fingerprint density at radius 3 is 2.55 bits per heavy atom. The van der Waals surface area contributed by atoms with Gasteiger partial charge in [0.05, 0.1) is 0 Å².